The molecule has 0 spiro atoms. The maximum atomic E-state index is 13.3. The molecule has 0 aliphatic carbocycles. The second-order valence-electron chi connectivity index (χ2n) is 6.55. The standard InChI is InChI=1S/C17H20FN3O3/c1-10-5-13(17(22)23)8-21(7-10)9-15-19-16(20-24-15)12-3-4-14(18)11(2)6-12/h3-4,6,10,13H,5,7-9H2,1-2H3,(H,22,23). The fraction of sp³-hybridized carbons (Fsp3) is 0.471. The summed E-state index contributed by atoms with van der Waals surface area (Å²) in [5.41, 5.74) is 1.22. The first-order valence-electron chi connectivity index (χ1n) is 7.96. The Morgan fingerprint density at radius 1 is 1.46 bits per heavy atom. The molecule has 0 bridgehead atoms. The summed E-state index contributed by atoms with van der Waals surface area (Å²) in [6.45, 7) is 5.43. The van der Waals surface area contributed by atoms with Gasteiger partial charge in [0, 0.05) is 18.7 Å². The van der Waals surface area contributed by atoms with Gasteiger partial charge in [-0.2, -0.15) is 4.98 Å². The Morgan fingerprint density at radius 3 is 2.96 bits per heavy atom. The van der Waals surface area contributed by atoms with E-state index in [9.17, 15) is 14.3 Å². The molecule has 7 heteroatoms. The van der Waals surface area contributed by atoms with Crippen LogP contribution in [-0.4, -0.2) is 39.2 Å². The largest absolute Gasteiger partial charge is 0.481 e. The lowest BCUT2D eigenvalue weighted by Gasteiger charge is -2.33. The van der Waals surface area contributed by atoms with Gasteiger partial charge in [-0.25, -0.2) is 4.39 Å². The van der Waals surface area contributed by atoms with Crippen molar-refractivity contribution in [3.8, 4) is 11.4 Å². The van der Waals surface area contributed by atoms with Crippen molar-refractivity contribution in [3.05, 3.63) is 35.5 Å². The van der Waals surface area contributed by atoms with Gasteiger partial charge in [0.1, 0.15) is 5.82 Å². The van der Waals surface area contributed by atoms with E-state index < -0.39 is 5.97 Å². The van der Waals surface area contributed by atoms with Crippen LogP contribution in [0.2, 0.25) is 0 Å². The second kappa shape index (κ2) is 6.68. The highest BCUT2D eigenvalue weighted by Crippen LogP contribution is 2.24. The first kappa shape index (κ1) is 16.6. The summed E-state index contributed by atoms with van der Waals surface area (Å²) in [6, 6.07) is 4.66. The molecule has 1 N–H and O–H groups in total. The average molecular weight is 333 g/mol. The lowest BCUT2D eigenvalue weighted by atomic mass is 9.90. The highest BCUT2D eigenvalue weighted by atomic mass is 19.1. The van der Waals surface area contributed by atoms with E-state index in [1.807, 2.05) is 11.8 Å². The minimum absolute atomic E-state index is 0.274. The van der Waals surface area contributed by atoms with Crippen LogP contribution in [0.5, 0.6) is 0 Å². The summed E-state index contributed by atoms with van der Waals surface area (Å²) in [6.07, 6.45) is 0.690. The summed E-state index contributed by atoms with van der Waals surface area (Å²) in [4.78, 5) is 17.6. The zero-order valence-electron chi connectivity index (χ0n) is 13.7. The Hall–Kier alpha value is -2.28. The third-order valence-corrected chi connectivity index (χ3v) is 4.33. The average Bonchev–Trinajstić information content (AvgIpc) is 2.98. The van der Waals surface area contributed by atoms with Crippen molar-refractivity contribution >= 4 is 5.97 Å². The lowest BCUT2D eigenvalue weighted by Crippen LogP contribution is -2.42. The maximum absolute atomic E-state index is 13.3. The van der Waals surface area contributed by atoms with Gasteiger partial charge in [0.25, 0.3) is 0 Å². The zero-order valence-corrected chi connectivity index (χ0v) is 13.7. The zero-order chi connectivity index (χ0) is 17.3. The van der Waals surface area contributed by atoms with Crippen molar-refractivity contribution in [1.29, 1.82) is 0 Å². The predicted molar refractivity (Wildman–Crippen MR) is 84.6 cm³/mol. The number of aliphatic carboxylic acids is 1. The smallest absolute Gasteiger partial charge is 0.307 e. The first-order chi connectivity index (χ1) is 11.4. The predicted octanol–water partition coefficient (Wildman–Crippen LogP) is 2.73. The van der Waals surface area contributed by atoms with Crippen LogP contribution in [0.3, 0.4) is 0 Å². The van der Waals surface area contributed by atoms with Crippen LogP contribution in [0.15, 0.2) is 22.7 Å². The number of hydrogen-bond acceptors (Lipinski definition) is 5. The highest BCUT2D eigenvalue weighted by molar-refractivity contribution is 5.70. The molecule has 128 valence electrons. The Kier molecular flexibility index (Phi) is 4.62. The number of carbonyl (C=O) groups is 1. The summed E-state index contributed by atoms with van der Waals surface area (Å²) < 4.78 is 18.6. The van der Waals surface area contributed by atoms with Crippen LogP contribution in [-0.2, 0) is 11.3 Å². The van der Waals surface area contributed by atoms with Crippen LogP contribution in [0.25, 0.3) is 11.4 Å². The molecule has 2 aromatic rings. The van der Waals surface area contributed by atoms with Crippen molar-refractivity contribution < 1.29 is 18.8 Å². The third-order valence-electron chi connectivity index (χ3n) is 4.33. The maximum Gasteiger partial charge on any atom is 0.307 e. The quantitative estimate of drug-likeness (QED) is 0.927. The number of rotatable bonds is 4. The molecule has 2 unspecified atom stereocenters. The minimum atomic E-state index is -0.764. The molecular formula is C17H20FN3O3. The van der Waals surface area contributed by atoms with Crippen LogP contribution in [0.4, 0.5) is 4.39 Å². The number of carboxylic acid groups (broad SMARTS) is 1. The van der Waals surface area contributed by atoms with Gasteiger partial charge >= 0.3 is 5.97 Å². The van der Waals surface area contributed by atoms with E-state index >= 15 is 0 Å². The normalized spacial score (nSPS) is 21.8. The van der Waals surface area contributed by atoms with E-state index in [-0.39, 0.29) is 11.7 Å². The summed E-state index contributed by atoms with van der Waals surface area (Å²) in [5.74, 6) is -0.250. The SMILES string of the molecule is Cc1cc(-c2noc(CN3CC(C)CC(C(=O)O)C3)n2)ccc1F. The van der Waals surface area contributed by atoms with Crippen molar-refractivity contribution in [2.45, 2.75) is 26.8 Å². The van der Waals surface area contributed by atoms with E-state index in [1.54, 1.807) is 19.1 Å². The second-order valence-corrected chi connectivity index (χ2v) is 6.55. The summed E-state index contributed by atoms with van der Waals surface area (Å²) in [5, 5.41) is 13.2. The molecule has 24 heavy (non-hydrogen) atoms. The Labute approximate surface area is 139 Å². The number of aromatic nitrogens is 2. The third kappa shape index (κ3) is 3.62. The van der Waals surface area contributed by atoms with Gasteiger partial charge < -0.3 is 9.63 Å². The molecule has 1 aliphatic rings. The molecule has 2 atom stereocenters. The van der Waals surface area contributed by atoms with Gasteiger partial charge in [-0.05, 0) is 43.0 Å². The number of nitrogens with zero attached hydrogens (tertiary/aromatic N) is 3. The molecule has 1 aliphatic heterocycles. The van der Waals surface area contributed by atoms with E-state index in [0.717, 1.165) is 6.54 Å². The number of aryl methyl sites for hydroxylation is 1. The number of piperidine rings is 1. The fourth-order valence-electron chi connectivity index (χ4n) is 3.18. The van der Waals surface area contributed by atoms with E-state index in [4.69, 9.17) is 4.52 Å². The molecular weight excluding hydrogens is 313 g/mol. The molecule has 1 fully saturated rings. The molecule has 3 rings (SSSR count). The number of hydrogen-bond donors (Lipinski definition) is 1. The van der Waals surface area contributed by atoms with Crippen molar-refractivity contribution in [3.63, 3.8) is 0 Å². The van der Waals surface area contributed by atoms with E-state index in [1.165, 1.54) is 6.07 Å². The van der Waals surface area contributed by atoms with Crippen molar-refractivity contribution in [2.24, 2.45) is 11.8 Å². The van der Waals surface area contributed by atoms with E-state index in [2.05, 4.69) is 10.1 Å². The van der Waals surface area contributed by atoms with Crippen LogP contribution < -0.4 is 0 Å². The fourth-order valence-corrected chi connectivity index (χ4v) is 3.18. The van der Waals surface area contributed by atoms with E-state index in [0.29, 0.717) is 48.3 Å². The summed E-state index contributed by atoms with van der Waals surface area (Å²) in [7, 11) is 0. The van der Waals surface area contributed by atoms with Gasteiger partial charge in [-0.15, -0.1) is 0 Å². The van der Waals surface area contributed by atoms with Gasteiger partial charge in [-0.1, -0.05) is 12.1 Å². The lowest BCUT2D eigenvalue weighted by molar-refractivity contribution is -0.144. The first-order valence-corrected chi connectivity index (χ1v) is 7.96. The van der Waals surface area contributed by atoms with Gasteiger partial charge in [0.15, 0.2) is 0 Å². The van der Waals surface area contributed by atoms with Crippen molar-refractivity contribution in [2.75, 3.05) is 13.1 Å². The van der Waals surface area contributed by atoms with Crippen LogP contribution in [0.1, 0.15) is 24.8 Å². The molecule has 1 aromatic carbocycles. The molecule has 0 saturated carbocycles. The highest BCUT2D eigenvalue weighted by Gasteiger charge is 2.30. The van der Waals surface area contributed by atoms with Gasteiger partial charge in [0.2, 0.25) is 11.7 Å². The number of halogens is 1. The van der Waals surface area contributed by atoms with Crippen molar-refractivity contribution in [1.82, 2.24) is 15.0 Å². The molecule has 6 nitrogen and oxygen atoms in total. The van der Waals surface area contributed by atoms with Gasteiger partial charge in [-0.3, -0.25) is 9.69 Å². The minimum Gasteiger partial charge on any atom is -0.481 e. The topological polar surface area (TPSA) is 79.5 Å². The van der Waals surface area contributed by atoms with Crippen LogP contribution in [0, 0.1) is 24.6 Å². The Bertz CT molecular complexity index is 746. The number of likely N-dealkylation sites (tertiary alicyclic amines) is 1. The Morgan fingerprint density at radius 2 is 2.25 bits per heavy atom. The molecule has 2 heterocycles. The number of benzene rings is 1. The van der Waals surface area contributed by atoms with Crippen LogP contribution >= 0.6 is 0 Å². The monoisotopic (exact) mass is 333 g/mol. The molecule has 0 amide bonds. The Balaban J connectivity index is 1.71. The molecule has 1 saturated heterocycles. The number of carboxylic acids is 1. The molecule has 0 radical (unpaired) electrons. The van der Waals surface area contributed by atoms with Gasteiger partial charge in [0.05, 0.1) is 12.5 Å². The molecule has 1 aromatic heterocycles. The summed E-state index contributed by atoms with van der Waals surface area (Å²) >= 11 is 0.